The molecule has 0 heterocycles. The van der Waals surface area contributed by atoms with Crippen molar-refractivity contribution in [1.29, 1.82) is 0 Å². The molecule has 2 N–H and O–H groups in total. The van der Waals surface area contributed by atoms with E-state index < -0.39 is 5.97 Å². The number of rotatable bonds is 4. The Kier molecular flexibility index (Phi) is 3.66. The first-order chi connectivity index (χ1) is 9.31. The Morgan fingerprint density at radius 1 is 1.40 bits per heavy atom. The molecule has 1 aliphatic rings. The number of carboxylic acid groups (broad SMARTS) is 1. The van der Waals surface area contributed by atoms with Crippen LogP contribution < -0.4 is 5.32 Å². The molecular weight excluding hydrogens is 254 g/mol. The molecule has 20 heavy (non-hydrogen) atoms. The summed E-state index contributed by atoms with van der Waals surface area (Å²) in [5.41, 5.74) is 2.32. The van der Waals surface area contributed by atoms with E-state index in [-0.39, 0.29) is 17.4 Å². The van der Waals surface area contributed by atoms with Crippen LogP contribution in [-0.2, 0) is 4.79 Å². The van der Waals surface area contributed by atoms with Crippen molar-refractivity contribution in [2.24, 2.45) is 5.41 Å². The maximum Gasteiger partial charge on any atom is 0.328 e. The van der Waals surface area contributed by atoms with Gasteiger partial charge in [-0.05, 0) is 42.0 Å². The van der Waals surface area contributed by atoms with E-state index in [0.29, 0.717) is 5.56 Å². The van der Waals surface area contributed by atoms with Gasteiger partial charge < -0.3 is 10.4 Å². The molecular formula is C16H19NO3. The summed E-state index contributed by atoms with van der Waals surface area (Å²) in [5.74, 6) is -1.09. The van der Waals surface area contributed by atoms with E-state index in [1.807, 2.05) is 6.92 Å². The molecule has 1 aromatic rings. The van der Waals surface area contributed by atoms with E-state index in [1.54, 1.807) is 18.2 Å². The Hall–Kier alpha value is -2.10. The number of amides is 1. The summed E-state index contributed by atoms with van der Waals surface area (Å²) < 4.78 is 0. The van der Waals surface area contributed by atoms with Gasteiger partial charge in [-0.1, -0.05) is 26.0 Å². The van der Waals surface area contributed by atoms with Gasteiger partial charge >= 0.3 is 5.97 Å². The highest BCUT2D eigenvalue weighted by Gasteiger charge is 2.46. The van der Waals surface area contributed by atoms with Crippen LogP contribution in [-0.4, -0.2) is 23.0 Å². The molecule has 0 spiro atoms. The number of carbonyl (C=O) groups is 2. The SMILES string of the molecule is Cc1c(C=CC(=O)O)cccc1C(=O)NC1CC1(C)C. The van der Waals surface area contributed by atoms with Crippen LogP contribution in [0, 0.1) is 12.3 Å². The maximum absolute atomic E-state index is 12.2. The lowest BCUT2D eigenvalue weighted by molar-refractivity contribution is -0.131. The van der Waals surface area contributed by atoms with Crippen molar-refractivity contribution in [2.45, 2.75) is 33.2 Å². The van der Waals surface area contributed by atoms with Crippen molar-refractivity contribution < 1.29 is 14.7 Å². The number of carbonyl (C=O) groups excluding carboxylic acids is 1. The molecule has 2 rings (SSSR count). The molecule has 1 unspecified atom stereocenters. The molecule has 1 aromatic carbocycles. The Morgan fingerprint density at radius 2 is 2.05 bits per heavy atom. The Bertz CT molecular complexity index is 587. The summed E-state index contributed by atoms with van der Waals surface area (Å²) in [6.45, 7) is 6.07. The number of nitrogens with one attached hydrogen (secondary N) is 1. The first-order valence-corrected chi connectivity index (χ1v) is 6.63. The van der Waals surface area contributed by atoms with E-state index in [1.165, 1.54) is 6.08 Å². The van der Waals surface area contributed by atoms with Crippen molar-refractivity contribution in [3.8, 4) is 0 Å². The Labute approximate surface area is 118 Å². The zero-order valence-electron chi connectivity index (χ0n) is 11.9. The number of hydrogen-bond donors (Lipinski definition) is 2. The fraction of sp³-hybridized carbons (Fsp3) is 0.375. The van der Waals surface area contributed by atoms with Gasteiger partial charge in [0.25, 0.3) is 5.91 Å². The third kappa shape index (κ3) is 3.07. The minimum absolute atomic E-state index is 0.0938. The highest BCUT2D eigenvalue weighted by Crippen LogP contribution is 2.44. The zero-order valence-corrected chi connectivity index (χ0v) is 11.9. The minimum Gasteiger partial charge on any atom is -0.478 e. The molecule has 1 amide bonds. The summed E-state index contributed by atoms with van der Waals surface area (Å²) in [7, 11) is 0. The smallest absolute Gasteiger partial charge is 0.328 e. The summed E-state index contributed by atoms with van der Waals surface area (Å²) in [5, 5.41) is 11.7. The van der Waals surface area contributed by atoms with Crippen LogP contribution in [0.15, 0.2) is 24.3 Å². The number of benzene rings is 1. The molecule has 1 aliphatic carbocycles. The predicted molar refractivity (Wildman–Crippen MR) is 77.5 cm³/mol. The van der Waals surface area contributed by atoms with Crippen molar-refractivity contribution in [1.82, 2.24) is 5.32 Å². The van der Waals surface area contributed by atoms with Gasteiger partial charge in [0, 0.05) is 17.7 Å². The van der Waals surface area contributed by atoms with Gasteiger partial charge in [-0.3, -0.25) is 4.79 Å². The lowest BCUT2D eigenvalue weighted by Gasteiger charge is -2.10. The van der Waals surface area contributed by atoms with E-state index in [0.717, 1.165) is 23.6 Å². The highest BCUT2D eigenvalue weighted by molar-refractivity contribution is 5.97. The van der Waals surface area contributed by atoms with Crippen LogP contribution in [0.2, 0.25) is 0 Å². The topological polar surface area (TPSA) is 66.4 Å². The van der Waals surface area contributed by atoms with Gasteiger partial charge in [-0.15, -0.1) is 0 Å². The van der Waals surface area contributed by atoms with E-state index in [2.05, 4.69) is 19.2 Å². The zero-order chi connectivity index (χ0) is 14.9. The fourth-order valence-corrected chi connectivity index (χ4v) is 2.19. The molecule has 1 atom stereocenters. The molecule has 4 nitrogen and oxygen atoms in total. The van der Waals surface area contributed by atoms with Crippen LogP contribution in [0.1, 0.15) is 41.8 Å². The lowest BCUT2D eigenvalue weighted by atomic mass is 10.0. The normalized spacial score (nSPS) is 19.9. The second kappa shape index (κ2) is 5.12. The van der Waals surface area contributed by atoms with Crippen molar-refractivity contribution in [2.75, 3.05) is 0 Å². The quantitative estimate of drug-likeness (QED) is 0.829. The molecule has 106 valence electrons. The van der Waals surface area contributed by atoms with Gasteiger partial charge in [-0.2, -0.15) is 0 Å². The number of carboxylic acids is 1. The molecule has 0 radical (unpaired) electrons. The standard InChI is InChI=1S/C16H19NO3/c1-10-11(7-8-14(18)19)5-4-6-12(10)15(20)17-13-9-16(13,2)3/h4-8,13H,9H2,1-3H3,(H,17,20)(H,18,19). The molecule has 1 saturated carbocycles. The number of hydrogen-bond acceptors (Lipinski definition) is 2. The average molecular weight is 273 g/mol. The minimum atomic E-state index is -1.00. The van der Waals surface area contributed by atoms with Crippen LogP contribution in [0.4, 0.5) is 0 Å². The Morgan fingerprint density at radius 3 is 2.60 bits per heavy atom. The second-order valence-corrected chi connectivity index (χ2v) is 5.91. The molecule has 0 aliphatic heterocycles. The van der Waals surface area contributed by atoms with Gasteiger partial charge in [0.05, 0.1) is 0 Å². The second-order valence-electron chi connectivity index (χ2n) is 5.91. The Balaban J connectivity index is 2.18. The van der Waals surface area contributed by atoms with Crippen LogP contribution in [0.5, 0.6) is 0 Å². The van der Waals surface area contributed by atoms with Crippen LogP contribution in [0.3, 0.4) is 0 Å². The van der Waals surface area contributed by atoms with E-state index in [4.69, 9.17) is 5.11 Å². The fourth-order valence-electron chi connectivity index (χ4n) is 2.19. The van der Waals surface area contributed by atoms with Gasteiger partial charge in [0.2, 0.25) is 0 Å². The third-order valence-corrected chi connectivity index (χ3v) is 3.84. The molecule has 0 saturated heterocycles. The molecule has 1 fully saturated rings. The van der Waals surface area contributed by atoms with Gasteiger partial charge in [-0.25, -0.2) is 4.79 Å². The highest BCUT2D eigenvalue weighted by atomic mass is 16.4. The third-order valence-electron chi connectivity index (χ3n) is 3.84. The molecule has 0 aromatic heterocycles. The summed E-state index contributed by atoms with van der Waals surface area (Å²) in [4.78, 5) is 22.8. The summed E-state index contributed by atoms with van der Waals surface area (Å²) >= 11 is 0. The predicted octanol–water partition coefficient (Wildman–Crippen LogP) is 2.62. The van der Waals surface area contributed by atoms with Crippen molar-refractivity contribution >= 4 is 18.0 Å². The van der Waals surface area contributed by atoms with Gasteiger partial charge in [0.15, 0.2) is 0 Å². The van der Waals surface area contributed by atoms with Crippen LogP contribution in [0.25, 0.3) is 6.08 Å². The molecule has 0 bridgehead atoms. The summed E-state index contributed by atoms with van der Waals surface area (Å²) in [6, 6.07) is 5.55. The first-order valence-electron chi connectivity index (χ1n) is 6.63. The van der Waals surface area contributed by atoms with Crippen molar-refractivity contribution in [3.63, 3.8) is 0 Å². The van der Waals surface area contributed by atoms with Crippen LogP contribution >= 0.6 is 0 Å². The monoisotopic (exact) mass is 273 g/mol. The van der Waals surface area contributed by atoms with Crippen molar-refractivity contribution in [3.05, 3.63) is 41.0 Å². The van der Waals surface area contributed by atoms with E-state index in [9.17, 15) is 9.59 Å². The largest absolute Gasteiger partial charge is 0.478 e. The van der Waals surface area contributed by atoms with E-state index >= 15 is 0 Å². The molecule has 4 heteroatoms. The van der Waals surface area contributed by atoms with Gasteiger partial charge in [0.1, 0.15) is 0 Å². The first kappa shape index (κ1) is 14.3. The maximum atomic E-state index is 12.2. The average Bonchev–Trinajstić information content (AvgIpc) is 2.94. The number of aliphatic carboxylic acids is 1. The lowest BCUT2D eigenvalue weighted by Crippen LogP contribution is -2.29. The summed E-state index contributed by atoms with van der Waals surface area (Å²) in [6.07, 6.45) is 3.58.